The molecule has 0 saturated carbocycles. The summed E-state index contributed by atoms with van der Waals surface area (Å²) in [6.07, 6.45) is 0.899. The number of likely N-dealkylation sites (N-methyl/N-ethyl adjacent to an activating group) is 1. The van der Waals surface area contributed by atoms with E-state index in [1.807, 2.05) is 14.1 Å². The number of carbonyl (C=O) groups is 1. The summed E-state index contributed by atoms with van der Waals surface area (Å²) in [5.41, 5.74) is 0. The van der Waals surface area contributed by atoms with E-state index in [0.29, 0.717) is 17.5 Å². The van der Waals surface area contributed by atoms with Crippen LogP contribution in [0.25, 0.3) is 0 Å². The largest absolute Gasteiger partial charge is 0.337 e. The van der Waals surface area contributed by atoms with Crippen molar-refractivity contribution >= 4 is 28.7 Å². The fourth-order valence-electron chi connectivity index (χ4n) is 2.18. The third-order valence-corrected chi connectivity index (χ3v) is 4.47. The molecule has 17 heavy (non-hydrogen) atoms. The Morgan fingerprint density at radius 1 is 1.59 bits per heavy atom. The molecule has 6 heteroatoms. The van der Waals surface area contributed by atoms with Gasteiger partial charge in [0.2, 0.25) is 0 Å². The summed E-state index contributed by atoms with van der Waals surface area (Å²) in [4.78, 5) is 16.6. The molecule has 2 rings (SSSR count). The minimum atomic E-state index is -0.0712. The van der Waals surface area contributed by atoms with E-state index in [0.717, 1.165) is 18.1 Å². The van der Waals surface area contributed by atoms with Crippen LogP contribution in [0.1, 0.15) is 13.3 Å². The number of amides is 1. The third-order valence-electron chi connectivity index (χ3n) is 3.25. The van der Waals surface area contributed by atoms with Crippen LogP contribution in [0.4, 0.5) is 0 Å². The highest BCUT2D eigenvalue weighted by Gasteiger charge is 2.43. The summed E-state index contributed by atoms with van der Waals surface area (Å²) in [6, 6.07) is -0.0712. The number of nitrogens with zero attached hydrogens (tertiary/aromatic N) is 2. The maximum atomic E-state index is 12.5. The highest BCUT2D eigenvalue weighted by Crippen LogP contribution is 2.24. The molecule has 2 unspecified atom stereocenters. The van der Waals surface area contributed by atoms with Crippen molar-refractivity contribution in [3.63, 3.8) is 0 Å². The second-order valence-electron chi connectivity index (χ2n) is 5.22. The van der Waals surface area contributed by atoms with E-state index in [4.69, 9.17) is 5.41 Å². The van der Waals surface area contributed by atoms with Crippen molar-refractivity contribution in [1.82, 2.24) is 5.32 Å². The van der Waals surface area contributed by atoms with Crippen LogP contribution in [0.5, 0.6) is 0 Å². The van der Waals surface area contributed by atoms with Crippen LogP contribution in [0.2, 0.25) is 0 Å². The molecule has 2 aliphatic heterocycles. The number of rotatable bonds is 1. The monoisotopic (exact) mass is 255 g/mol. The average molecular weight is 255 g/mol. The molecule has 94 valence electrons. The Hall–Kier alpha value is -0.720. The van der Waals surface area contributed by atoms with Crippen LogP contribution in [-0.2, 0) is 4.79 Å². The van der Waals surface area contributed by atoms with Gasteiger partial charge in [0.25, 0.3) is 5.17 Å². The number of hydrogen-bond donors (Lipinski definition) is 2. The van der Waals surface area contributed by atoms with Crippen LogP contribution >= 0.6 is 11.8 Å². The van der Waals surface area contributed by atoms with Crippen LogP contribution in [0.15, 0.2) is 4.99 Å². The van der Waals surface area contributed by atoms with Gasteiger partial charge in [-0.1, -0.05) is 6.92 Å². The van der Waals surface area contributed by atoms with Crippen LogP contribution in [0.3, 0.4) is 0 Å². The fraction of sp³-hybridized carbons (Fsp3) is 0.727. The Kier molecular flexibility index (Phi) is 3.38. The van der Waals surface area contributed by atoms with E-state index in [1.165, 1.54) is 11.8 Å². The molecular formula is C11H19N4OS+. The van der Waals surface area contributed by atoms with E-state index < -0.39 is 0 Å². The van der Waals surface area contributed by atoms with E-state index in [9.17, 15) is 4.79 Å². The lowest BCUT2D eigenvalue weighted by molar-refractivity contribution is -0.714. The first-order valence-electron chi connectivity index (χ1n) is 5.82. The van der Waals surface area contributed by atoms with Crippen LogP contribution < -0.4 is 5.32 Å². The van der Waals surface area contributed by atoms with Gasteiger partial charge in [0.15, 0.2) is 0 Å². The molecule has 0 aromatic heterocycles. The van der Waals surface area contributed by atoms with Gasteiger partial charge in [-0.3, -0.25) is 5.41 Å². The topological polar surface area (TPSA) is 65.3 Å². The number of quaternary nitrogens is 1. The SMILES string of the molecule is CC1CNC(C(=O)[N+](C)(C)C2=NC(=N)CS2)C1. The standard InChI is InChI=1S/C11H19N4OS/c1-7-4-8(13-5-7)10(16)15(2,3)11-14-9(12)6-17-11/h7-8,12-13H,4-6H2,1-3H3/q+1. The quantitative estimate of drug-likeness (QED) is 0.677. The molecule has 5 nitrogen and oxygen atoms in total. The van der Waals surface area contributed by atoms with Crippen molar-refractivity contribution < 1.29 is 9.28 Å². The molecule has 0 bridgehead atoms. The predicted octanol–water partition coefficient (Wildman–Crippen LogP) is 0.667. The van der Waals surface area contributed by atoms with Crippen molar-refractivity contribution in [1.29, 1.82) is 5.41 Å². The lowest BCUT2D eigenvalue weighted by Gasteiger charge is -2.27. The summed E-state index contributed by atoms with van der Waals surface area (Å²) in [6.45, 7) is 3.06. The first-order valence-corrected chi connectivity index (χ1v) is 6.81. The molecule has 1 fully saturated rings. The summed E-state index contributed by atoms with van der Waals surface area (Å²) in [5.74, 6) is 1.64. The van der Waals surface area contributed by atoms with Crippen molar-refractivity contribution in [3.05, 3.63) is 0 Å². The van der Waals surface area contributed by atoms with Crippen LogP contribution in [-0.4, -0.2) is 53.8 Å². The normalized spacial score (nSPS) is 29.6. The number of amidine groups is 2. The molecule has 0 radical (unpaired) electrons. The molecule has 1 amide bonds. The number of thioether (sulfide) groups is 1. The van der Waals surface area contributed by atoms with Crippen LogP contribution in [0, 0.1) is 11.3 Å². The summed E-state index contributed by atoms with van der Waals surface area (Å²) in [7, 11) is 3.72. The fourth-order valence-corrected chi connectivity index (χ4v) is 3.10. The van der Waals surface area contributed by atoms with E-state index in [2.05, 4.69) is 17.2 Å². The number of carbonyl (C=O) groups excluding carboxylic acids is 1. The molecule has 2 N–H and O–H groups in total. The Balaban J connectivity index is 2.12. The summed E-state index contributed by atoms with van der Waals surface area (Å²) in [5, 5.41) is 11.5. The highest BCUT2D eigenvalue weighted by molar-refractivity contribution is 8.14. The number of aliphatic imine (C=N–C) groups is 1. The van der Waals surface area contributed by atoms with Gasteiger partial charge < -0.3 is 5.32 Å². The highest BCUT2D eigenvalue weighted by atomic mass is 32.2. The third kappa shape index (κ3) is 2.43. The molecule has 0 spiro atoms. The minimum absolute atomic E-state index is 0.0712. The van der Waals surface area contributed by atoms with Gasteiger partial charge in [-0.15, -0.1) is 0 Å². The first-order chi connectivity index (χ1) is 7.91. The summed E-state index contributed by atoms with van der Waals surface area (Å²) < 4.78 is 0.150. The zero-order valence-electron chi connectivity index (χ0n) is 10.5. The molecule has 1 saturated heterocycles. The van der Waals surface area contributed by atoms with E-state index in [1.54, 1.807) is 0 Å². The molecule has 2 atom stereocenters. The van der Waals surface area contributed by atoms with Crippen molar-refractivity contribution in [2.24, 2.45) is 10.9 Å². The van der Waals surface area contributed by atoms with Gasteiger partial charge in [0.1, 0.15) is 11.9 Å². The Morgan fingerprint density at radius 2 is 2.29 bits per heavy atom. The summed E-state index contributed by atoms with van der Waals surface area (Å²) >= 11 is 1.49. The predicted molar refractivity (Wildman–Crippen MR) is 70.3 cm³/mol. The Labute approximate surface area is 106 Å². The number of nitrogens with one attached hydrogen (secondary N) is 2. The molecular weight excluding hydrogens is 236 g/mol. The van der Waals surface area contributed by atoms with Gasteiger partial charge in [0.05, 0.1) is 19.8 Å². The van der Waals surface area contributed by atoms with E-state index in [-0.39, 0.29) is 16.4 Å². The Morgan fingerprint density at radius 3 is 2.76 bits per heavy atom. The van der Waals surface area contributed by atoms with Crippen molar-refractivity contribution in [2.45, 2.75) is 19.4 Å². The van der Waals surface area contributed by atoms with Crippen molar-refractivity contribution in [3.8, 4) is 0 Å². The van der Waals surface area contributed by atoms with Gasteiger partial charge in [-0.2, -0.15) is 4.99 Å². The van der Waals surface area contributed by atoms with E-state index >= 15 is 0 Å². The molecule has 2 aliphatic rings. The van der Waals surface area contributed by atoms with Gasteiger partial charge in [-0.05, 0) is 30.6 Å². The maximum Gasteiger partial charge on any atom is 0.337 e. The van der Waals surface area contributed by atoms with Crippen molar-refractivity contribution in [2.75, 3.05) is 26.4 Å². The Bertz CT molecular complexity index is 391. The first kappa shape index (κ1) is 12.7. The lowest BCUT2D eigenvalue weighted by Crippen LogP contribution is -2.55. The molecule has 0 aromatic rings. The second kappa shape index (κ2) is 4.51. The molecule has 0 aliphatic carbocycles. The maximum absolute atomic E-state index is 12.5. The van der Waals surface area contributed by atoms with Gasteiger partial charge in [0, 0.05) is 0 Å². The minimum Gasteiger partial charge on any atom is -0.302 e. The average Bonchev–Trinajstić information content (AvgIpc) is 2.86. The zero-order valence-corrected chi connectivity index (χ0v) is 11.3. The molecule has 2 heterocycles. The smallest absolute Gasteiger partial charge is 0.302 e. The second-order valence-corrected chi connectivity index (χ2v) is 6.17. The molecule has 0 aromatic carbocycles. The number of hydrogen-bond acceptors (Lipinski definition) is 4. The zero-order chi connectivity index (χ0) is 12.6. The van der Waals surface area contributed by atoms with Gasteiger partial charge >= 0.3 is 5.91 Å². The lowest BCUT2D eigenvalue weighted by atomic mass is 10.1. The van der Waals surface area contributed by atoms with Gasteiger partial charge in [-0.25, -0.2) is 9.28 Å².